The average Bonchev–Trinajstić information content (AvgIpc) is 3.13. The second kappa shape index (κ2) is 9.27. The van der Waals surface area contributed by atoms with Crippen LogP contribution in [0, 0.1) is 0 Å². The fourth-order valence-corrected chi connectivity index (χ4v) is 3.45. The summed E-state index contributed by atoms with van der Waals surface area (Å²) in [5.74, 6) is -0.389. The standard InChI is InChI=1S/C21H19F6NO4/c1-30-19(29)13-2-6-15(7-3-13)28-11-18(10-16(28)12-31-21(25,26)27)32-17-8-4-14(5-9-17)20(22,23)24/h2-9,16,18H,10-12H2,1H3/t16-,18-/m0/s1. The van der Waals surface area contributed by atoms with E-state index in [0.29, 0.717) is 5.69 Å². The summed E-state index contributed by atoms with van der Waals surface area (Å²) in [6.45, 7) is -0.487. The van der Waals surface area contributed by atoms with Gasteiger partial charge in [-0.1, -0.05) is 0 Å². The number of rotatable bonds is 6. The fraction of sp³-hybridized carbons (Fsp3) is 0.381. The molecule has 2 aromatic rings. The minimum atomic E-state index is -4.81. The van der Waals surface area contributed by atoms with Crippen molar-refractivity contribution in [3.8, 4) is 5.75 Å². The number of alkyl halides is 6. The van der Waals surface area contributed by atoms with E-state index in [-0.39, 0.29) is 24.3 Å². The number of carbonyl (C=O) groups excluding carboxylic acids is 1. The van der Waals surface area contributed by atoms with Crippen LogP contribution in [0.3, 0.4) is 0 Å². The van der Waals surface area contributed by atoms with Crippen LogP contribution in [0.15, 0.2) is 48.5 Å². The Morgan fingerprint density at radius 2 is 1.62 bits per heavy atom. The van der Waals surface area contributed by atoms with Crippen LogP contribution in [0.25, 0.3) is 0 Å². The summed E-state index contributed by atoms with van der Waals surface area (Å²) in [5.41, 5.74) is -0.0249. The molecule has 2 aromatic carbocycles. The van der Waals surface area contributed by atoms with Gasteiger partial charge in [-0.2, -0.15) is 13.2 Å². The maximum absolute atomic E-state index is 12.7. The van der Waals surface area contributed by atoms with E-state index in [0.717, 1.165) is 24.3 Å². The Morgan fingerprint density at radius 3 is 2.16 bits per heavy atom. The molecule has 0 unspecified atom stereocenters. The van der Waals surface area contributed by atoms with Gasteiger partial charge in [-0.25, -0.2) is 4.79 Å². The van der Waals surface area contributed by atoms with Gasteiger partial charge in [0, 0.05) is 12.1 Å². The predicted molar refractivity (Wildman–Crippen MR) is 101 cm³/mol. The largest absolute Gasteiger partial charge is 0.522 e. The number of hydrogen-bond acceptors (Lipinski definition) is 5. The van der Waals surface area contributed by atoms with Crippen molar-refractivity contribution in [1.82, 2.24) is 0 Å². The lowest BCUT2D eigenvalue weighted by Crippen LogP contribution is -2.35. The molecule has 0 spiro atoms. The highest BCUT2D eigenvalue weighted by molar-refractivity contribution is 5.89. The average molecular weight is 463 g/mol. The van der Waals surface area contributed by atoms with Gasteiger partial charge in [0.2, 0.25) is 0 Å². The molecule has 1 aliphatic heterocycles. The smallest absolute Gasteiger partial charge is 0.489 e. The Morgan fingerprint density at radius 1 is 1.00 bits per heavy atom. The first-order valence-corrected chi connectivity index (χ1v) is 9.46. The van der Waals surface area contributed by atoms with Gasteiger partial charge in [-0.05, 0) is 48.5 Å². The topological polar surface area (TPSA) is 48.0 Å². The third kappa shape index (κ3) is 6.06. The number of halogens is 6. The van der Waals surface area contributed by atoms with Crippen LogP contribution in [0.1, 0.15) is 22.3 Å². The summed E-state index contributed by atoms with van der Waals surface area (Å²) in [4.78, 5) is 13.2. The first kappa shape index (κ1) is 23.7. The number of anilines is 1. The summed E-state index contributed by atoms with van der Waals surface area (Å²) in [5, 5.41) is 0. The van der Waals surface area contributed by atoms with Gasteiger partial charge in [0.05, 0.1) is 37.4 Å². The summed E-state index contributed by atoms with van der Waals surface area (Å²) in [7, 11) is 1.23. The highest BCUT2D eigenvalue weighted by Gasteiger charge is 2.38. The van der Waals surface area contributed by atoms with Crippen LogP contribution < -0.4 is 9.64 Å². The highest BCUT2D eigenvalue weighted by atomic mass is 19.4. The molecule has 3 rings (SSSR count). The lowest BCUT2D eigenvalue weighted by molar-refractivity contribution is -0.325. The Hall–Kier alpha value is -2.95. The SMILES string of the molecule is COC(=O)c1ccc(N2C[C@@H](Oc3ccc(C(F)(F)F)cc3)C[C@H]2COC(F)(F)F)cc1. The highest BCUT2D eigenvalue weighted by Crippen LogP contribution is 2.33. The van der Waals surface area contributed by atoms with Gasteiger partial charge in [0.25, 0.3) is 0 Å². The Kier molecular flexibility index (Phi) is 6.87. The lowest BCUT2D eigenvalue weighted by Gasteiger charge is -2.26. The number of carbonyl (C=O) groups is 1. The molecule has 0 radical (unpaired) electrons. The second-order valence-electron chi connectivity index (χ2n) is 7.10. The summed E-state index contributed by atoms with van der Waals surface area (Å²) < 4.78 is 90.2. The van der Waals surface area contributed by atoms with Crippen molar-refractivity contribution in [3.05, 3.63) is 59.7 Å². The van der Waals surface area contributed by atoms with Crippen molar-refractivity contribution in [2.24, 2.45) is 0 Å². The van der Waals surface area contributed by atoms with Gasteiger partial charge in [0.15, 0.2) is 0 Å². The maximum atomic E-state index is 12.7. The normalized spacial score (nSPS) is 19.2. The number of ether oxygens (including phenoxy) is 3. The van der Waals surface area contributed by atoms with E-state index in [2.05, 4.69) is 9.47 Å². The zero-order valence-corrected chi connectivity index (χ0v) is 16.7. The molecule has 0 N–H and O–H groups in total. The van der Waals surface area contributed by atoms with Gasteiger partial charge in [-0.3, -0.25) is 4.74 Å². The number of methoxy groups -OCH3 is 1. The van der Waals surface area contributed by atoms with Crippen LogP contribution in [0.5, 0.6) is 5.75 Å². The minimum Gasteiger partial charge on any atom is -0.489 e. The molecule has 32 heavy (non-hydrogen) atoms. The van der Waals surface area contributed by atoms with E-state index in [9.17, 15) is 31.1 Å². The Balaban J connectivity index is 1.75. The quantitative estimate of drug-likeness (QED) is 0.443. The zero-order chi connectivity index (χ0) is 23.5. The van der Waals surface area contributed by atoms with Crippen molar-refractivity contribution < 1.29 is 45.3 Å². The summed E-state index contributed by atoms with van der Waals surface area (Å²) in [6.07, 6.45) is -9.74. The van der Waals surface area contributed by atoms with Crippen LogP contribution >= 0.6 is 0 Å². The molecule has 174 valence electrons. The fourth-order valence-electron chi connectivity index (χ4n) is 3.45. The van der Waals surface area contributed by atoms with Crippen molar-refractivity contribution in [2.75, 3.05) is 25.2 Å². The van der Waals surface area contributed by atoms with Crippen molar-refractivity contribution in [3.63, 3.8) is 0 Å². The molecule has 1 saturated heterocycles. The molecule has 2 atom stereocenters. The molecule has 0 aliphatic carbocycles. The molecule has 0 aromatic heterocycles. The second-order valence-corrected chi connectivity index (χ2v) is 7.10. The summed E-state index contributed by atoms with van der Waals surface area (Å²) >= 11 is 0. The number of hydrogen-bond donors (Lipinski definition) is 0. The predicted octanol–water partition coefficient (Wildman–Crippen LogP) is 5.05. The first-order valence-electron chi connectivity index (χ1n) is 9.46. The van der Waals surface area contributed by atoms with E-state index >= 15 is 0 Å². The van der Waals surface area contributed by atoms with Crippen LogP contribution in [0.4, 0.5) is 32.0 Å². The van der Waals surface area contributed by atoms with E-state index in [4.69, 9.17) is 4.74 Å². The Labute approximate surface area is 179 Å². The molecule has 1 aliphatic rings. The van der Waals surface area contributed by atoms with E-state index < -0.39 is 42.8 Å². The van der Waals surface area contributed by atoms with Crippen molar-refractivity contribution in [2.45, 2.75) is 31.1 Å². The third-order valence-corrected chi connectivity index (χ3v) is 4.92. The zero-order valence-electron chi connectivity index (χ0n) is 16.7. The minimum absolute atomic E-state index is 0.149. The Bertz CT molecular complexity index is 912. The number of benzene rings is 2. The van der Waals surface area contributed by atoms with Crippen molar-refractivity contribution in [1.29, 1.82) is 0 Å². The molecular formula is C21H19F6NO4. The van der Waals surface area contributed by atoms with Gasteiger partial charge < -0.3 is 14.4 Å². The van der Waals surface area contributed by atoms with Gasteiger partial charge >= 0.3 is 18.5 Å². The molecule has 5 nitrogen and oxygen atoms in total. The molecule has 0 bridgehead atoms. The van der Waals surface area contributed by atoms with E-state index in [1.165, 1.54) is 19.2 Å². The number of esters is 1. The van der Waals surface area contributed by atoms with Gasteiger partial charge in [-0.15, -0.1) is 13.2 Å². The molecule has 1 heterocycles. The van der Waals surface area contributed by atoms with Crippen LogP contribution in [0.2, 0.25) is 0 Å². The summed E-state index contributed by atoms with van der Waals surface area (Å²) in [6, 6.07) is 9.45. The van der Waals surface area contributed by atoms with Crippen LogP contribution in [-0.2, 0) is 15.7 Å². The van der Waals surface area contributed by atoms with E-state index in [1.807, 2.05) is 0 Å². The molecule has 1 fully saturated rings. The lowest BCUT2D eigenvalue weighted by atomic mass is 10.1. The molecular weight excluding hydrogens is 444 g/mol. The van der Waals surface area contributed by atoms with Crippen LogP contribution in [-0.4, -0.2) is 44.7 Å². The molecule has 0 amide bonds. The van der Waals surface area contributed by atoms with E-state index in [1.54, 1.807) is 17.0 Å². The number of nitrogens with zero attached hydrogens (tertiary/aromatic N) is 1. The van der Waals surface area contributed by atoms with Crippen molar-refractivity contribution >= 4 is 11.7 Å². The molecule has 0 saturated carbocycles. The van der Waals surface area contributed by atoms with Gasteiger partial charge in [0.1, 0.15) is 11.9 Å². The monoisotopic (exact) mass is 463 g/mol. The maximum Gasteiger partial charge on any atom is 0.522 e. The molecule has 11 heteroatoms. The first-order chi connectivity index (χ1) is 15.0. The third-order valence-electron chi connectivity index (χ3n) is 4.92.